The van der Waals surface area contributed by atoms with Gasteiger partial charge in [0, 0.05) is 22.9 Å². The van der Waals surface area contributed by atoms with Crippen LogP contribution in [0.3, 0.4) is 0 Å². The standard InChI is InChI=1S/C27H48N2O6S2/c1-24(2)18-9-11-26(24,22(30)15-18)13-14-36(32,33)28-20-7-5-6-8-21(20)29-37(34,35)17-27-12-10-19(16-23(27)31)25(27,3)4/h18-23,28-31H,5-17H2,1-4H3/t18?,19?,20-,21-,22?,23?,26?,27?/m1/s1. The molecule has 37 heavy (non-hydrogen) atoms. The molecule has 0 aromatic heterocycles. The van der Waals surface area contributed by atoms with Crippen molar-refractivity contribution < 1.29 is 27.0 Å². The number of aliphatic hydroxyl groups excluding tert-OH is 2. The zero-order valence-corrected chi connectivity index (χ0v) is 24.6. The summed E-state index contributed by atoms with van der Waals surface area (Å²) >= 11 is 0. The molecule has 0 aromatic carbocycles. The van der Waals surface area contributed by atoms with Gasteiger partial charge in [0.1, 0.15) is 0 Å². The second-order valence-electron chi connectivity index (χ2n) is 14.3. The minimum Gasteiger partial charge on any atom is -0.393 e. The highest BCUT2D eigenvalue weighted by Gasteiger charge is 2.65. The Balaban J connectivity index is 1.25. The Labute approximate surface area is 223 Å². The molecule has 6 unspecified atom stereocenters. The van der Waals surface area contributed by atoms with E-state index in [-0.39, 0.29) is 27.8 Å². The van der Waals surface area contributed by atoms with Gasteiger partial charge in [-0.2, -0.15) is 0 Å². The first-order chi connectivity index (χ1) is 17.1. The molecule has 0 aliphatic heterocycles. The Morgan fingerprint density at radius 1 is 0.703 bits per heavy atom. The maximum absolute atomic E-state index is 13.4. The maximum Gasteiger partial charge on any atom is 0.212 e. The van der Waals surface area contributed by atoms with Crippen molar-refractivity contribution in [2.75, 3.05) is 11.5 Å². The van der Waals surface area contributed by atoms with Crippen molar-refractivity contribution in [3.8, 4) is 0 Å². The Kier molecular flexibility index (Phi) is 6.98. The lowest BCUT2D eigenvalue weighted by atomic mass is 9.67. The van der Waals surface area contributed by atoms with Gasteiger partial charge in [-0.25, -0.2) is 26.3 Å². The molecule has 214 valence electrons. The summed E-state index contributed by atoms with van der Waals surface area (Å²) in [6.07, 6.45) is 7.17. The Morgan fingerprint density at radius 2 is 1.16 bits per heavy atom. The quantitative estimate of drug-likeness (QED) is 0.343. The van der Waals surface area contributed by atoms with E-state index >= 15 is 0 Å². The Bertz CT molecular complexity index is 1110. The molecule has 5 saturated carbocycles. The molecule has 5 rings (SSSR count). The van der Waals surface area contributed by atoms with Crippen LogP contribution in [0.4, 0.5) is 0 Å². The van der Waals surface area contributed by atoms with E-state index in [1.807, 2.05) is 0 Å². The third kappa shape index (κ3) is 4.44. The van der Waals surface area contributed by atoms with Crippen LogP contribution in [0.15, 0.2) is 0 Å². The van der Waals surface area contributed by atoms with Crippen LogP contribution >= 0.6 is 0 Å². The molecule has 4 N–H and O–H groups in total. The monoisotopic (exact) mass is 560 g/mol. The molecule has 5 aliphatic carbocycles. The summed E-state index contributed by atoms with van der Waals surface area (Å²) in [4.78, 5) is 0. The summed E-state index contributed by atoms with van der Waals surface area (Å²) in [6.45, 7) is 8.51. The zero-order valence-electron chi connectivity index (χ0n) is 23.0. The summed E-state index contributed by atoms with van der Waals surface area (Å²) < 4.78 is 59.1. The van der Waals surface area contributed by atoms with Crippen LogP contribution in [0.2, 0.25) is 0 Å². The van der Waals surface area contributed by atoms with Gasteiger partial charge < -0.3 is 10.2 Å². The molecular weight excluding hydrogens is 512 g/mol. The van der Waals surface area contributed by atoms with Crippen molar-refractivity contribution in [3.05, 3.63) is 0 Å². The minimum atomic E-state index is -3.74. The molecule has 0 radical (unpaired) electrons. The number of fused-ring (bicyclic) bond motifs is 4. The molecule has 0 aromatic rings. The van der Waals surface area contributed by atoms with Crippen molar-refractivity contribution in [3.63, 3.8) is 0 Å². The fourth-order valence-electron chi connectivity index (χ4n) is 9.65. The van der Waals surface area contributed by atoms with Crippen LogP contribution in [-0.2, 0) is 20.0 Å². The molecule has 0 saturated heterocycles. The number of nitrogens with one attached hydrogen (secondary N) is 2. The normalized spacial score (nSPS) is 44.5. The van der Waals surface area contributed by atoms with Crippen molar-refractivity contribution >= 4 is 20.0 Å². The summed E-state index contributed by atoms with van der Waals surface area (Å²) in [5.74, 6) is 0.608. The van der Waals surface area contributed by atoms with Gasteiger partial charge in [-0.3, -0.25) is 0 Å². The third-order valence-corrected chi connectivity index (χ3v) is 15.4. The molecule has 4 bridgehead atoms. The van der Waals surface area contributed by atoms with Crippen LogP contribution in [0.25, 0.3) is 0 Å². The van der Waals surface area contributed by atoms with Gasteiger partial charge in [0.05, 0.1) is 23.7 Å². The molecule has 10 heteroatoms. The third-order valence-electron chi connectivity index (χ3n) is 12.5. The van der Waals surface area contributed by atoms with Crippen molar-refractivity contribution in [2.24, 2.45) is 33.5 Å². The Morgan fingerprint density at radius 3 is 1.59 bits per heavy atom. The lowest BCUT2D eigenvalue weighted by Crippen LogP contribution is -2.56. The first-order valence-electron chi connectivity index (χ1n) is 14.4. The van der Waals surface area contributed by atoms with Gasteiger partial charge in [0.15, 0.2) is 0 Å². The summed E-state index contributed by atoms with van der Waals surface area (Å²) in [5, 5.41) is 21.6. The fourth-order valence-corrected chi connectivity index (χ4v) is 13.4. The second kappa shape index (κ2) is 9.13. The molecular formula is C27H48N2O6S2. The summed E-state index contributed by atoms with van der Waals surface area (Å²) in [5.41, 5.74) is -1.35. The average molecular weight is 561 g/mol. The molecule has 0 amide bonds. The first kappa shape index (κ1) is 28.3. The molecule has 0 heterocycles. The Hall–Kier alpha value is -0.260. The van der Waals surface area contributed by atoms with E-state index in [1.54, 1.807) is 0 Å². The number of hydrogen-bond donors (Lipinski definition) is 4. The number of hydrogen-bond acceptors (Lipinski definition) is 6. The van der Waals surface area contributed by atoms with E-state index in [4.69, 9.17) is 0 Å². The smallest absolute Gasteiger partial charge is 0.212 e. The SMILES string of the molecule is CC1(C)C2CCC1(CCS(=O)(=O)N[C@@H]1CCCC[C@H]1NS(=O)(=O)CC13CCC(CC1O)C3(C)C)C(O)C2. The molecule has 5 aliphatic rings. The highest BCUT2D eigenvalue weighted by atomic mass is 32.2. The molecule has 8 nitrogen and oxygen atoms in total. The van der Waals surface area contributed by atoms with E-state index in [0.717, 1.165) is 38.5 Å². The van der Waals surface area contributed by atoms with E-state index in [0.29, 0.717) is 43.9 Å². The largest absolute Gasteiger partial charge is 0.393 e. The van der Waals surface area contributed by atoms with Crippen LogP contribution in [0.1, 0.15) is 98.3 Å². The van der Waals surface area contributed by atoms with Crippen molar-refractivity contribution in [1.29, 1.82) is 0 Å². The summed E-state index contributed by atoms with van der Waals surface area (Å²) in [7, 11) is -7.39. The minimum absolute atomic E-state index is 0.0545. The van der Waals surface area contributed by atoms with Gasteiger partial charge in [0.25, 0.3) is 0 Å². The molecule has 0 spiro atoms. The predicted molar refractivity (Wildman–Crippen MR) is 144 cm³/mol. The number of aliphatic hydroxyl groups is 2. The lowest BCUT2D eigenvalue weighted by Gasteiger charge is -2.41. The second-order valence-corrected chi connectivity index (χ2v) is 17.9. The average Bonchev–Trinajstić information content (AvgIpc) is 3.32. The molecule has 8 atom stereocenters. The van der Waals surface area contributed by atoms with Crippen LogP contribution in [0.5, 0.6) is 0 Å². The van der Waals surface area contributed by atoms with Crippen LogP contribution in [0, 0.1) is 33.5 Å². The van der Waals surface area contributed by atoms with Gasteiger partial charge in [0.2, 0.25) is 20.0 Å². The molecule has 5 fully saturated rings. The van der Waals surface area contributed by atoms with Crippen molar-refractivity contribution in [2.45, 2.75) is 123 Å². The zero-order chi connectivity index (χ0) is 27.1. The lowest BCUT2D eigenvalue weighted by molar-refractivity contribution is -0.00562. The number of rotatable bonds is 9. The van der Waals surface area contributed by atoms with Crippen molar-refractivity contribution in [1.82, 2.24) is 9.44 Å². The van der Waals surface area contributed by atoms with E-state index in [9.17, 15) is 27.0 Å². The highest BCUT2D eigenvalue weighted by Crippen LogP contribution is 2.67. The maximum atomic E-state index is 13.4. The van der Waals surface area contributed by atoms with E-state index < -0.39 is 49.8 Å². The topological polar surface area (TPSA) is 133 Å². The van der Waals surface area contributed by atoms with Gasteiger partial charge in [-0.05, 0) is 80.5 Å². The van der Waals surface area contributed by atoms with Gasteiger partial charge in [-0.1, -0.05) is 40.5 Å². The van der Waals surface area contributed by atoms with Gasteiger partial charge in [-0.15, -0.1) is 0 Å². The first-order valence-corrected chi connectivity index (χ1v) is 17.7. The fraction of sp³-hybridized carbons (Fsp3) is 1.00. The van der Waals surface area contributed by atoms with Crippen LogP contribution < -0.4 is 9.44 Å². The van der Waals surface area contributed by atoms with Gasteiger partial charge >= 0.3 is 0 Å². The number of sulfonamides is 2. The predicted octanol–water partition coefficient (Wildman–Crippen LogP) is 2.90. The van der Waals surface area contributed by atoms with E-state index in [1.165, 1.54) is 0 Å². The highest BCUT2D eigenvalue weighted by molar-refractivity contribution is 7.89. The van der Waals surface area contributed by atoms with E-state index in [2.05, 4.69) is 37.1 Å². The summed E-state index contributed by atoms with van der Waals surface area (Å²) in [6, 6.07) is -0.981. The van der Waals surface area contributed by atoms with Crippen LogP contribution in [-0.4, -0.2) is 62.8 Å².